The van der Waals surface area contributed by atoms with Gasteiger partial charge in [0.15, 0.2) is 12.2 Å². The number of aldehydes is 1. The molecule has 0 spiro atoms. The molecule has 0 heterocycles. The summed E-state index contributed by atoms with van der Waals surface area (Å²) in [6.07, 6.45) is 0.949. The summed E-state index contributed by atoms with van der Waals surface area (Å²) in [5, 5.41) is 4.28. The Bertz CT molecular complexity index is 930. The van der Waals surface area contributed by atoms with Crippen LogP contribution < -0.4 is 0 Å². The normalized spacial score (nSPS) is 11.8. The maximum atomic E-state index is 11.2. The number of carbonyl (C=O) groups is 1. The minimum absolute atomic E-state index is 0.786. The van der Waals surface area contributed by atoms with Crippen molar-refractivity contribution in [2.24, 2.45) is 0 Å². The first-order valence-corrected chi connectivity index (χ1v) is 10.6. The maximum Gasteiger partial charge on any atom is 0.337 e. The van der Waals surface area contributed by atoms with Crippen molar-refractivity contribution < 1.29 is 33.5 Å². The summed E-state index contributed by atoms with van der Waals surface area (Å²) in [4.78, 5) is 43.1. The van der Waals surface area contributed by atoms with Gasteiger partial charge in [0.2, 0.25) is 0 Å². The average Bonchev–Trinajstić information content (AvgIpc) is 2.49. The summed E-state index contributed by atoms with van der Waals surface area (Å²) in [6.45, 7) is 0. The Morgan fingerprint density at radius 1 is 0.760 bits per heavy atom. The van der Waals surface area contributed by atoms with Gasteiger partial charge in [-0.2, -0.15) is 0 Å². The second-order valence-electron chi connectivity index (χ2n) is 5.32. The third-order valence-electron chi connectivity index (χ3n) is 3.30. The minimum Gasteiger partial charge on any atom is -0.324 e. The van der Waals surface area contributed by atoms with Crippen molar-refractivity contribution in [1.29, 1.82) is 0 Å². The molecule has 9 heteroatoms. The van der Waals surface area contributed by atoms with E-state index in [4.69, 9.17) is 19.6 Å². The van der Waals surface area contributed by atoms with Gasteiger partial charge < -0.3 is 19.6 Å². The molecule has 0 amide bonds. The summed E-state index contributed by atoms with van der Waals surface area (Å²) in [5.41, 5.74) is 0.786. The third-order valence-corrected chi connectivity index (χ3v) is 6.25. The second-order valence-corrected chi connectivity index (χ2v) is 9.11. The zero-order chi connectivity index (χ0) is 18.7. The van der Waals surface area contributed by atoms with Crippen LogP contribution in [0.2, 0.25) is 0 Å². The molecule has 3 rings (SSSR count). The zero-order valence-corrected chi connectivity index (χ0v) is 14.7. The lowest BCUT2D eigenvalue weighted by Gasteiger charge is -2.05. The molecular weight excluding hydrogens is 366 g/mol. The quantitative estimate of drug-likeness (QED) is 0.311. The summed E-state index contributed by atoms with van der Waals surface area (Å²) >= 11 is 0. The minimum atomic E-state index is -4.55. The van der Waals surface area contributed by atoms with Crippen LogP contribution in [-0.2, 0) is 9.13 Å². The fourth-order valence-corrected chi connectivity index (χ4v) is 4.34. The Morgan fingerprint density at radius 3 is 1.48 bits per heavy atom. The van der Waals surface area contributed by atoms with Crippen LogP contribution in [0.4, 0.5) is 0 Å². The van der Waals surface area contributed by atoms with Crippen molar-refractivity contribution in [2.75, 3.05) is 5.90 Å². The Kier molecular flexibility index (Phi) is 5.91. The Balaban J connectivity index is 0.000000217. The van der Waals surface area contributed by atoms with Gasteiger partial charge in [-0.25, -0.2) is 0 Å². The predicted molar refractivity (Wildman–Crippen MR) is 95.8 cm³/mol. The third kappa shape index (κ3) is 5.58. The van der Waals surface area contributed by atoms with E-state index in [0.29, 0.717) is 0 Å². The van der Waals surface area contributed by atoms with E-state index in [0.717, 1.165) is 33.4 Å². The van der Waals surface area contributed by atoms with E-state index in [2.05, 4.69) is 6.07 Å². The molecule has 0 aliphatic carbocycles. The van der Waals surface area contributed by atoms with Crippen molar-refractivity contribution in [3.8, 4) is 0 Å². The average molecular weight is 382 g/mol. The summed E-state index contributed by atoms with van der Waals surface area (Å²) < 4.78 is 19.7. The van der Waals surface area contributed by atoms with E-state index >= 15 is 0 Å². The lowest BCUT2D eigenvalue weighted by Crippen LogP contribution is -1.88. The van der Waals surface area contributed by atoms with Crippen LogP contribution in [0.25, 0.3) is 21.5 Å². The molecule has 0 saturated heterocycles. The Morgan fingerprint density at radius 2 is 1.16 bits per heavy atom. The van der Waals surface area contributed by atoms with Crippen molar-refractivity contribution in [2.45, 2.75) is 0 Å². The van der Waals surface area contributed by atoms with E-state index in [1.54, 1.807) is 0 Å². The van der Waals surface area contributed by atoms with E-state index in [1.807, 2.05) is 48.5 Å². The molecule has 132 valence electrons. The lowest BCUT2D eigenvalue weighted by molar-refractivity contribution is 0.112. The van der Waals surface area contributed by atoms with E-state index in [1.165, 1.54) is 0 Å². The standard InChI is InChI=1S/C15H10O.CH6O6P2/c16-10-15-13-7-3-1-5-11(13)9-12-6-2-4-8-14(12)15;2-8(3,4)1-9(5,6)7/h1-10H;1H2,(H2,2,3,4)(H2,5,6,7). The summed E-state index contributed by atoms with van der Waals surface area (Å²) in [6, 6.07) is 18.1. The van der Waals surface area contributed by atoms with Crippen LogP contribution in [0, 0.1) is 0 Å². The largest absolute Gasteiger partial charge is 0.337 e. The molecule has 7 nitrogen and oxygen atoms in total. The topological polar surface area (TPSA) is 132 Å². The van der Waals surface area contributed by atoms with Crippen LogP contribution in [0.15, 0.2) is 54.6 Å². The van der Waals surface area contributed by atoms with Crippen LogP contribution in [0.3, 0.4) is 0 Å². The number of benzene rings is 3. The molecule has 0 radical (unpaired) electrons. The molecule has 0 fully saturated rings. The molecule has 3 aromatic rings. The molecule has 0 aromatic heterocycles. The van der Waals surface area contributed by atoms with Crippen LogP contribution in [0.5, 0.6) is 0 Å². The molecule has 0 aliphatic rings. The van der Waals surface area contributed by atoms with Crippen molar-refractivity contribution in [1.82, 2.24) is 0 Å². The fourth-order valence-electron chi connectivity index (χ4n) is 2.42. The van der Waals surface area contributed by atoms with Gasteiger partial charge in [0, 0.05) is 5.56 Å². The van der Waals surface area contributed by atoms with Crippen molar-refractivity contribution in [3.05, 3.63) is 60.2 Å². The van der Waals surface area contributed by atoms with Gasteiger partial charge >= 0.3 is 15.2 Å². The monoisotopic (exact) mass is 382 g/mol. The Labute approximate surface area is 143 Å². The molecule has 4 N–H and O–H groups in total. The van der Waals surface area contributed by atoms with Crippen LogP contribution in [0.1, 0.15) is 10.4 Å². The SMILES string of the molecule is O=Cc1c2ccccc2cc2ccccc12.O=P(O)(O)CP(=O)(O)O. The predicted octanol–water partition coefficient (Wildman–Crippen LogP) is 3.10. The van der Waals surface area contributed by atoms with Gasteiger partial charge in [-0.05, 0) is 27.6 Å². The highest BCUT2D eigenvalue weighted by Gasteiger charge is 2.26. The number of fused-ring (bicyclic) bond motifs is 2. The first-order chi connectivity index (χ1) is 11.6. The van der Waals surface area contributed by atoms with Gasteiger partial charge in [0.05, 0.1) is 0 Å². The highest BCUT2D eigenvalue weighted by atomic mass is 31.2. The van der Waals surface area contributed by atoms with Gasteiger partial charge in [-0.1, -0.05) is 48.5 Å². The molecule has 0 bridgehead atoms. The fraction of sp³-hybridized carbons (Fsp3) is 0.0625. The van der Waals surface area contributed by atoms with Gasteiger partial charge in [0.25, 0.3) is 0 Å². The zero-order valence-electron chi connectivity index (χ0n) is 12.9. The van der Waals surface area contributed by atoms with Gasteiger partial charge in [-0.3, -0.25) is 13.9 Å². The molecule has 0 saturated carbocycles. The summed E-state index contributed by atoms with van der Waals surface area (Å²) in [5.74, 6) is -1.38. The Hall–Kier alpha value is -1.85. The molecular formula is C16H16O7P2. The maximum absolute atomic E-state index is 11.2. The van der Waals surface area contributed by atoms with Crippen LogP contribution in [-0.4, -0.2) is 31.8 Å². The second kappa shape index (κ2) is 7.58. The number of carbonyl (C=O) groups excluding carboxylic acids is 1. The number of rotatable bonds is 3. The first-order valence-electron chi connectivity index (χ1n) is 7.05. The number of hydrogen-bond acceptors (Lipinski definition) is 3. The van der Waals surface area contributed by atoms with E-state index < -0.39 is 21.1 Å². The lowest BCUT2D eigenvalue weighted by atomic mass is 9.98. The first kappa shape index (κ1) is 19.5. The van der Waals surface area contributed by atoms with Crippen LogP contribution >= 0.6 is 15.2 Å². The highest BCUT2D eigenvalue weighted by molar-refractivity contribution is 7.69. The smallest absolute Gasteiger partial charge is 0.324 e. The van der Waals surface area contributed by atoms with Crippen molar-refractivity contribution in [3.63, 3.8) is 0 Å². The molecule has 0 aliphatic heterocycles. The highest BCUT2D eigenvalue weighted by Crippen LogP contribution is 2.51. The molecule has 3 aromatic carbocycles. The van der Waals surface area contributed by atoms with Gasteiger partial charge in [-0.15, -0.1) is 0 Å². The van der Waals surface area contributed by atoms with E-state index in [-0.39, 0.29) is 0 Å². The molecule has 25 heavy (non-hydrogen) atoms. The molecule has 0 unspecified atom stereocenters. The molecule has 0 atom stereocenters. The van der Waals surface area contributed by atoms with E-state index in [9.17, 15) is 13.9 Å². The van der Waals surface area contributed by atoms with Gasteiger partial charge in [0.1, 0.15) is 0 Å². The van der Waals surface area contributed by atoms with Crippen molar-refractivity contribution >= 4 is 43.0 Å². The summed E-state index contributed by atoms with van der Waals surface area (Å²) in [7, 11) is -9.10. The number of hydrogen-bond donors (Lipinski definition) is 4.